The van der Waals surface area contributed by atoms with Crippen LogP contribution >= 0.6 is 24.0 Å². The van der Waals surface area contributed by atoms with E-state index in [2.05, 4.69) is 15.6 Å². The number of aliphatic imine (C=N–C) groups is 1. The quantitative estimate of drug-likeness (QED) is 0.307. The van der Waals surface area contributed by atoms with E-state index in [9.17, 15) is 4.79 Å². The standard InChI is InChI=1S/C23H31N5O2.HI/c1-3-22(29)28-13-11-20(16-28)27-23(24-4-2)26-15-19-10-12-25-21(14-19)30-17-18-8-6-5-7-9-18;/h5-10,12,14,20H,3-4,11,13,15-17H2,1-2H3,(H2,24,26,27);1H. The number of carbonyl (C=O) groups excluding carboxylic acids is 1. The van der Waals surface area contributed by atoms with Gasteiger partial charge in [-0.05, 0) is 30.5 Å². The van der Waals surface area contributed by atoms with E-state index in [-0.39, 0.29) is 35.9 Å². The highest BCUT2D eigenvalue weighted by Crippen LogP contribution is 2.13. The second kappa shape index (κ2) is 13.1. The van der Waals surface area contributed by atoms with Gasteiger partial charge in [-0.3, -0.25) is 4.79 Å². The molecule has 2 aromatic rings. The van der Waals surface area contributed by atoms with Crippen molar-refractivity contribution in [1.29, 1.82) is 0 Å². The first-order valence-corrected chi connectivity index (χ1v) is 10.6. The Hall–Kier alpha value is -2.36. The third-order valence-corrected chi connectivity index (χ3v) is 4.98. The first kappa shape index (κ1) is 24.9. The van der Waals surface area contributed by atoms with Crippen LogP contribution in [0.3, 0.4) is 0 Å². The number of hydrogen-bond acceptors (Lipinski definition) is 4. The average molecular weight is 537 g/mol. The van der Waals surface area contributed by atoms with E-state index in [1.165, 1.54) is 0 Å². The number of pyridine rings is 1. The van der Waals surface area contributed by atoms with E-state index in [4.69, 9.17) is 9.73 Å². The second-order valence-electron chi connectivity index (χ2n) is 7.30. The van der Waals surface area contributed by atoms with Crippen molar-refractivity contribution in [3.8, 4) is 5.88 Å². The van der Waals surface area contributed by atoms with E-state index in [1.807, 2.05) is 61.2 Å². The smallest absolute Gasteiger partial charge is 0.222 e. The number of likely N-dealkylation sites (tertiary alicyclic amines) is 1. The number of rotatable bonds is 8. The lowest BCUT2D eigenvalue weighted by Crippen LogP contribution is -2.45. The molecule has 1 unspecified atom stereocenters. The topological polar surface area (TPSA) is 78.9 Å². The van der Waals surface area contributed by atoms with Crippen LogP contribution in [0.1, 0.15) is 37.8 Å². The molecule has 0 aliphatic carbocycles. The molecule has 1 aromatic heterocycles. The molecule has 7 nitrogen and oxygen atoms in total. The number of amides is 1. The molecule has 2 heterocycles. The molecule has 1 saturated heterocycles. The third kappa shape index (κ3) is 8.01. The van der Waals surface area contributed by atoms with Crippen molar-refractivity contribution < 1.29 is 9.53 Å². The van der Waals surface area contributed by atoms with Crippen LogP contribution in [0.2, 0.25) is 0 Å². The zero-order valence-electron chi connectivity index (χ0n) is 18.2. The van der Waals surface area contributed by atoms with Crippen LogP contribution in [-0.2, 0) is 17.9 Å². The minimum Gasteiger partial charge on any atom is -0.473 e. The number of hydrogen-bond donors (Lipinski definition) is 2. The SMILES string of the molecule is CCNC(=NCc1ccnc(OCc2ccccc2)c1)NC1CCN(C(=O)CC)C1.I. The summed E-state index contributed by atoms with van der Waals surface area (Å²) in [6.07, 6.45) is 3.23. The van der Waals surface area contributed by atoms with Crippen LogP contribution in [0.4, 0.5) is 0 Å². The highest BCUT2D eigenvalue weighted by atomic mass is 127. The summed E-state index contributed by atoms with van der Waals surface area (Å²) in [5.41, 5.74) is 2.13. The lowest BCUT2D eigenvalue weighted by atomic mass is 10.2. The minimum absolute atomic E-state index is 0. The monoisotopic (exact) mass is 537 g/mol. The van der Waals surface area contributed by atoms with E-state index >= 15 is 0 Å². The number of nitrogens with one attached hydrogen (secondary N) is 2. The number of carbonyl (C=O) groups is 1. The van der Waals surface area contributed by atoms with Crippen LogP contribution in [0.25, 0.3) is 0 Å². The van der Waals surface area contributed by atoms with Crippen molar-refractivity contribution >= 4 is 35.8 Å². The van der Waals surface area contributed by atoms with Crippen LogP contribution in [-0.4, -0.2) is 47.4 Å². The van der Waals surface area contributed by atoms with Gasteiger partial charge in [0.15, 0.2) is 5.96 Å². The molecular formula is C23H32IN5O2. The Morgan fingerprint density at radius 3 is 2.77 bits per heavy atom. The zero-order valence-corrected chi connectivity index (χ0v) is 20.5. The summed E-state index contributed by atoms with van der Waals surface area (Å²) in [7, 11) is 0. The van der Waals surface area contributed by atoms with Gasteiger partial charge in [0.1, 0.15) is 6.61 Å². The first-order valence-electron chi connectivity index (χ1n) is 10.6. The van der Waals surface area contributed by atoms with Gasteiger partial charge in [0.05, 0.1) is 6.54 Å². The Balaban J connectivity index is 0.00000341. The van der Waals surface area contributed by atoms with Crippen molar-refractivity contribution in [3.05, 3.63) is 59.8 Å². The Labute approximate surface area is 201 Å². The molecule has 2 N–H and O–H groups in total. The minimum atomic E-state index is 0. The van der Waals surface area contributed by atoms with Crippen molar-refractivity contribution in [2.24, 2.45) is 4.99 Å². The van der Waals surface area contributed by atoms with Crippen LogP contribution in [0.15, 0.2) is 53.7 Å². The number of guanidine groups is 1. The second-order valence-corrected chi connectivity index (χ2v) is 7.30. The molecule has 0 spiro atoms. The lowest BCUT2D eigenvalue weighted by molar-refractivity contribution is -0.129. The van der Waals surface area contributed by atoms with Gasteiger partial charge in [-0.15, -0.1) is 24.0 Å². The number of ether oxygens (including phenoxy) is 1. The van der Waals surface area contributed by atoms with Gasteiger partial charge in [0.2, 0.25) is 11.8 Å². The summed E-state index contributed by atoms with van der Waals surface area (Å²) in [4.78, 5) is 22.8. The van der Waals surface area contributed by atoms with Crippen LogP contribution in [0.5, 0.6) is 5.88 Å². The average Bonchev–Trinajstić information content (AvgIpc) is 3.25. The number of nitrogens with zero attached hydrogens (tertiary/aromatic N) is 3. The van der Waals surface area contributed by atoms with Crippen LogP contribution in [0, 0.1) is 0 Å². The van der Waals surface area contributed by atoms with Crippen molar-refractivity contribution in [1.82, 2.24) is 20.5 Å². The van der Waals surface area contributed by atoms with E-state index in [0.717, 1.165) is 43.1 Å². The van der Waals surface area contributed by atoms with Gasteiger partial charge in [-0.25, -0.2) is 9.98 Å². The lowest BCUT2D eigenvalue weighted by Gasteiger charge is -2.18. The molecule has 8 heteroatoms. The molecular weight excluding hydrogens is 505 g/mol. The maximum atomic E-state index is 11.9. The third-order valence-electron chi connectivity index (χ3n) is 4.98. The van der Waals surface area contributed by atoms with Crippen molar-refractivity contribution in [3.63, 3.8) is 0 Å². The number of benzene rings is 1. The molecule has 1 aromatic carbocycles. The molecule has 3 rings (SSSR count). The van der Waals surface area contributed by atoms with E-state index < -0.39 is 0 Å². The largest absolute Gasteiger partial charge is 0.473 e. The zero-order chi connectivity index (χ0) is 21.2. The molecule has 0 saturated carbocycles. The van der Waals surface area contributed by atoms with Gasteiger partial charge >= 0.3 is 0 Å². The highest BCUT2D eigenvalue weighted by molar-refractivity contribution is 14.0. The Morgan fingerprint density at radius 2 is 2.03 bits per heavy atom. The molecule has 1 aliphatic heterocycles. The number of aromatic nitrogens is 1. The molecule has 0 radical (unpaired) electrons. The maximum Gasteiger partial charge on any atom is 0.222 e. The summed E-state index contributed by atoms with van der Waals surface area (Å²) >= 11 is 0. The van der Waals surface area contributed by atoms with Gasteiger partial charge < -0.3 is 20.3 Å². The van der Waals surface area contributed by atoms with E-state index in [0.29, 0.717) is 25.5 Å². The molecule has 168 valence electrons. The fourth-order valence-corrected chi connectivity index (χ4v) is 3.37. The van der Waals surface area contributed by atoms with Crippen LogP contribution < -0.4 is 15.4 Å². The summed E-state index contributed by atoms with van der Waals surface area (Å²) in [5.74, 6) is 1.56. The van der Waals surface area contributed by atoms with Gasteiger partial charge in [-0.2, -0.15) is 0 Å². The van der Waals surface area contributed by atoms with Gasteiger partial charge in [0, 0.05) is 44.4 Å². The van der Waals surface area contributed by atoms with Gasteiger partial charge in [0.25, 0.3) is 0 Å². The van der Waals surface area contributed by atoms with Gasteiger partial charge in [-0.1, -0.05) is 37.3 Å². The molecule has 0 bridgehead atoms. The normalized spacial score (nSPS) is 15.9. The summed E-state index contributed by atoms with van der Waals surface area (Å²) < 4.78 is 5.81. The number of halogens is 1. The fourth-order valence-electron chi connectivity index (χ4n) is 3.37. The molecule has 1 fully saturated rings. The summed E-state index contributed by atoms with van der Waals surface area (Å²) in [6, 6.07) is 14.1. The molecule has 31 heavy (non-hydrogen) atoms. The predicted octanol–water partition coefficient (Wildman–Crippen LogP) is 3.34. The Bertz CT molecular complexity index is 847. The summed E-state index contributed by atoms with van der Waals surface area (Å²) in [5, 5.41) is 6.74. The fraction of sp³-hybridized carbons (Fsp3) is 0.435. The Kier molecular flexibility index (Phi) is 10.6. The summed E-state index contributed by atoms with van der Waals surface area (Å²) in [6.45, 7) is 7.25. The predicted molar refractivity (Wildman–Crippen MR) is 134 cm³/mol. The van der Waals surface area contributed by atoms with Crippen molar-refractivity contribution in [2.75, 3.05) is 19.6 Å². The maximum absolute atomic E-state index is 11.9. The first-order chi connectivity index (χ1) is 14.7. The van der Waals surface area contributed by atoms with Crippen molar-refractivity contribution in [2.45, 2.75) is 45.9 Å². The molecule has 1 atom stereocenters. The van der Waals surface area contributed by atoms with E-state index in [1.54, 1.807) is 6.20 Å². The Morgan fingerprint density at radius 1 is 1.23 bits per heavy atom. The molecule has 1 aliphatic rings. The highest BCUT2D eigenvalue weighted by Gasteiger charge is 2.25. The molecule has 1 amide bonds.